The van der Waals surface area contributed by atoms with Crippen molar-refractivity contribution in [1.82, 2.24) is 9.21 Å². The van der Waals surface area contributed by atoms with Crippen LogP contribution < -0.4 is 0 Å². The summed E-state index contributed by atoms with van der Waals surface area (Å²) in [6, 6.07) is 22.1. The second-order valence-electron chi connectivity index (χ2n) is 6.86. The van der Waals surface area contributed by atoms with Gasteiger partial charge in [0.2, 0.25) is 15.9 Å². The van der Waals surface area contributed by atoms with E-state index < -0.39 is 10.0 Å². The summed E-state index contributed by atoms with van der Waals surface area (Å²) in [6.07, 6.45) is 0. The Morgan fingerprint density at radius 2 is 1.50 bits per heavy atom. The molecule has 0 fully saturated rings. The monoisotopic (exact) mass is 396 g/mol. The van der Waals surface area contributed by atoms with Crippen LogP contribution in [0.5, 0.6) is 0 Å². The predicted octanol–water partition coefficient (Wildman–Crippen LogP) is 3.68. The molecule has 0 N–H and O–H groups in total. The van der Waals surface area contributed by atoms with Crippen LogP contribution in [0.3, 0.4) is 0 Å². The van der Waals surface area contributed by atoms with Gasteiger partial charge in [-0.25, -0.2) is 8.42 Å². The van der Waals surface area contributed by atoms with E-state index in [1.54, 1.807) is 30.1 Å². The minimum atomic E-state index is -3.76. The van der Waals surface area contributed by atoms with Gasteiger partial charge in [-0.05, 0) is 35.4 Å². The van der Waals surface area contributed by atoms with Gasteiger partial charge in [0.25, 0.3) is 0 Å². The van der Waals surface area contributed by atoms with Gasteiger partial charge in [0.15, 0.2) is 0 Å². The Balaban J connectivity index is 1.76. The van der Waals surface area contributed by atoms with Crippen LogP contribution in [0.4, 0.5) is 0 Å². The maximum absolute atomic E-state index is 12.9. The number of nitrogens with zero attached hydrogens (tertiary/aromatic N) is 2. The maximum Gasteiger partial charge on any atom is 0.243 e. The average Bonchev–Trinajstić information content (AvgIpc) is 2.72. The smallest absolute Gasteiger partial charge is 0.243 e. The molecule has 3 aromatic carbocycles. The molecule has 1 unspecified atom stereocenters. The lowest BCUT2D eigenvalue weighted by Gasteiger charge is -2.27. The molecule has 146 valence electrons. The van der Waals surface area contributed by atoms with Crippen LogP contribution in [-0.4, -0.2) is 44.2 Å². The van der Waals surface area contributed by atoms with Crippen LogP contribution in [-0.2, 0) is 14.8 Å². The molecule has 1 atom stereocenters. The third-order valence-electron chi connectivity index (χ3n) is 5.04. The van der Waals surface area contributed by atoms with E-state index >= 15 is 0 Å². The van der Waals surface area contributed by atoms with Crippen molar-refractivity contribution >= 4 is 26.7 Å². The predicted molar refractivity (Wildman–Crippen MR) is 111 cm³/mol. The van der Waals surface area contributed by atoms with Crippen molar-refractivity contribution < 1.29 is 13.2 Å². The lowest BCUT2D eigenvalue weighted by Crippen LogP contribution is -2.40. The Bertz CT molecular complexity index is 1080. The number of benzene rings is 3. The zero-order chi connectivity index (χ0) is 20.3. The fraction of sp³-hybridized carbons (Fsp3) is 0.227. The lowest BCUT2D eigenvalue weighted by atomic mass is 10.1. The number of hydrogen-bond donors (Lipinski definition) is 0. The van der Waals surface area contributed by atoms with Gasteiger partial charge < -0.3 is 4.90 Å². The van der Waals surface area contributed by atoms with Crippen LogP contribution >= 0.6 is 0 Å². The van der Waals surface area contributed by atoms with Crippen molar-refractivity contribution in [3.63, 3.8) is 0 Å². The van der Waals surface area contributed by atoms with Gasteiger partial charge in [0.1, 0.15) is 0 Å². The number of fused-ring (bicyclic) bond motifs is 1. The van der Waals surface area contributed by atoms with E-state index in [4.69, 9.17) is 0 Å². The third-order valence-corrected chi connectivity index (χ3v) is 6.84. The Morgan fingerprint density at radius 1 is 0.893 bits per heavy atom. The summed E-state index contributed by atoms with van der Waals surface area (Å²) < 4.78 is 27.0. The van der Waals surface area contributed by atoms with Gasteiger partial charge in [0, 0.05) is 14.1 Å². The van der Waals surface area contributed by atoms with Crippen molar-refractivity contribution in [2.24, 2.45) is 0 Å². The molecular formula is C22H24N2O3S. The van der Waals surface area contributed by atoms with Crippen LogP contribution in [0.1, 0.15) is 18.5 Å². The Hall–Kier alpha value is -2.70. The summed E-state index contributed by atoms with van der Waals surface area (Å²) in [5, 5.41) is 1.81. The zero-order valence-electron chi connectivity index (χ0n) is 16.2. The van der Waals surface area contributed by atoms with Crippen LogP contribution in [0.25, 0.3) is 10.8 Å². The number of likely N-dealkylation sites (N-methyl/N-ethyl adjacent to an activating group) is 2. The second kappa shape index (κ2) is 8.12. The van der Waals surface area contributed by atoms with Gasteiger partial charge in [0.05, 0.1) is 17.5 Å². The van der Waals surface area contributed by atoms with Crippen molar-refractivity contribution in [3.8, 4) is 0 Å². The normalized spacial score (nSPS) is 12.9. The summed E-state index contributed by atoms with van der Waals surface area (Å²) >= 11 is 0. The minimum Gasteiger partial charge on any atom is -0.338 e. The largest absolute Gasteiger partial charge is 0.338 e. The van der Waals surface area contributed by atoms with Gasteiger partial charge in [-0.3, -0.25) is 4.79 Å². The van der Waals surface area contributed by atoms with E-state index in [2.05, 4.69) is 0 Å². The van der Waals surface area contributed by atoms with E-state index in [0.29, 0.717) is 0 Å². The van der Waals surface area contributed by atoms with Crippen LogP contribution in [0.15, 0.2) is 77.7 Å². The Labute approximate surface area is 166 Å². The van der Waals surface area contributed by atoms with Crippen molar-refractivity contribution in [1.29, 1.82) is 0 Å². The van der Waals surface area contributed by atoms with Crippen molar-refractivity contribution in [2.45, 2.75) is 17.9 Å². The van der Waals surface area contributed by atoms with Crippen LogP contribution in [0.2, 0.25) is 0 Å². The molecular weight excluding hydrogens is 372 g/mol. The Morgan fingerprint density at radius 3 is 2.18 bits per heavy atom. The molecule has 0 aliphatic rings. The molecule has 0 aliphatic carbocycles. The van der Waals surface area contributed by atoms with E-state index in [0.717, 1.165) is 20.6 Å². The fourth-order valence-corrected chi connectivity index (χ4v) is 4.22. The summed E-state index contributed by atoms with van der Waals surface area (Å²) in [5.74, 6) is -0.261. The molecule has 0 aliphatic heterocycles. The fourth-order valence-electron chi connectivity index (χ4n) is 3.07. The average molecular weight is 397 g/mol. The van der Waals surface area contributed by atoms with Gasteiger partial charge in [-0.1, -0.05) is 60.7 Å². The molecule has 0 saturated heterocycles. The molecule has 0 saturated carbocycles. The molecule has 0 bridgehead atoms. The number of hydrogen-bond acceptors (Lipinski definition) is 3. The zero-order valence-corrected chi connectivity index (χ0v) is 17.1. The van der Waals surface area contributed by atoms with Crippen molar-refractivity contribution in [2.75, 3.05) is 20.6 Å². The molecule has 0 aromatic heterocycles. The summed E-state index contributed by atoms with van der Waals surface area (Å²) in [4.78, 5) is 14.4. The first kappa shape index (κ1) is 20.0. The highest BCUT2D eigenvalue weighted by atomic mass is 32.2. The molecule has 28 heavy (non-hydrogen) atoms. The molecule has 5 nitrogen and oxygen atoms in total. The van der Waals surface area contributed by atoms with Gasteiger partial charge in [-0.15, -0.1) is 0 Å². The van der Waals surface area contributed by atoms with E-state index in [1.165, 1.54) is 7.05 Å². The number of rotatable bonds is 6. The number of sulfonamides is 1. The molecule has 0 radical (unpaired) electrons. The highest BCUT2D eigenvalue weighted by Crippen LogP contribution is 2.22. The topological polar surface area (TPSA) is 57.7 Å². The van der Waals surface area contributed by atoms with Gasteiger partial charge in [-0.2, -0.15) is 4.31 Å². The number of carbonyl (C=O) groups is 1. The minimum absolute atomic E-state index is 0.148. The first-order valence-electron chi connectivity index (χ1n) is 9.06. The summed E-state index contributed by atoms with van der Waals surface area (Å²) in [5.41, 5.74) is 0.999. The molecule has 3 rings (SSSR count). The molecule has 3 aromatic rings. The summed E-state index contributed by atoms with van der Waals surface area (Å²) in [6.45, 7) is 1.70. The van der Waals surface area contributed by atoms with Crippen molar-refractivity contribution in [3.05, 3.63) is 78.4 Å². The van der Waals surface area contributed by atoms with Crippen LogP contribution in [0, 0.1) is 0 Å². The summed E-state index contributed by atoms with van der Waals surface area (Å²) in [7, 11) is -0.639. The maximum atomic E-state index is 12.9. The lowest BCUT2D eigenvalue weighted by molar-refractivity contribution is -0.131. The molecule has 1 amide bonds. The van der Waals surface area contributed by atoms with Gasteiger partial charge >= 0.3 is 0 Å². The number of carbonyl (C=O) groups excluding carboxylic acids is 1. The highest BCUT2D eigenvalue weighted by molar-refractivity contribution is 7.89. The highest BCUT2D eigenvalue weighted by Gasteiger charge is 2.26. The quantitative estimate of drug-likeness (QED) is 0.639. The Kier molecular flexibility index (Phi) is 5.82. The molecule has 0 heterocycles. The molecule has 0 spiro atoms. The second-order valence-corrected chi connectivity index (χ2v) is 8.91. The van der Waals surface area contributed by atoms with E-state index in [1.807, 2.05) is 61.5 Å². The SMILES string of the molecule is CC(c1ccccc1)N(C)C(=O)CN(C)S(=O)(=O)c1ccc2ccccc2c1. The molecule has 6 heteroatoms. The first-order valence-corrected chi connectivity index (χ1v) is 10.5. The number of amides is 1. The van der Waals surface area contributed by atoms with E-state index in [-0.39, 0.29) is 23.4 Å². The third kappa shape index (κ3) is 4.08. The standard InChI is InChI=1S/C22H24N2O3S/c1-17(18-9-5-4-6-10-18)24(3)22(25)16-23(2)28(26,27)21-14-13-19-11-7-8-12-20(19)15-21/h4-15,17H,16H2,1-3H3. The van der Waals surface area contributed by atoms with E-state index in [9.17, 15) is 13.2 Å². The first-order chi connectivity index (χ1) is 13.3.